The summed E-state index contributed by atoms with van der Waals surface area (Å²) in [7, 11) is -3.54. The Hall–Kier alpha value is -1.78. The van der Waals surface area contributed by atoms with Crippen molar-refractivity contribution in [2.75, 3.05) is 45.9 Å². The number of carbonyl (C=O) groups is 1. The van der Waals surface area contributed by atoms with E-state index in [-0.39, 0.29) is 10.8 Å². The van der Waals surface area contributed by atoms with Gasteiger partial charge in [0.1, 0.15) is 0 Å². The van der Waals surface area contributed by atoms with Gasteiger partial charge >= 0.3 is 0 Å². The second kappa shape index (κ2) is 8.05. The van der Waals surface area contributed by atoms with Gasteiger partial charge < -0.3 is 9.64 Å². The molecule has 0 aliphatic carbocycles. The van der Waals surface area contributed by atoms with Crippen molar-refractivity contribution in [3.8, 4) is 0 Å². The molecular formula is C21H25N3O4S2. The molecule has 0 unspecified atom stereocenters. The first kappa shape index (κ1) is 20.1. The highest BCUT2D eigenvalue weighted by molar-refractivity contribution is 7.89. The average Bonchev–Trinajstić information content (AvgIpc) is 3.21. The molecule has 1 aromatic heterocycles. The lowest BCUT2D eigenvalue weighted by molar-refractivity contribution is 0.0221. The molecule has 0 N–H and O–H groups in total. The van der Waals surface area contributed by atoms with Gasteiger partial charge in [0, 0.05) is 55.8 Å². The number of rotatable bonds is 4. The van der Waals surface area contributed by atoms with Gasteiger partial charge in [0.05, 0.1) is 18.1 Å². The first-order valence-corrected chi connectivity index (χ1v) is 12.6. The van der Waals surface area contributed by atoms with Crippen molar-refractivity contribution >= 4 is 27.3 Å². The van der Waals surface area contributed by atoms with Gasteiger partial charge in [-0.05, 0) is 47.7 Å². The van der Waals surface area contributed by atoms with Crippen LogP contribution >= 0.6 is 11.3 Å². The lowest BCUT2D eigenvalue weighted by Crippen LogP contribution is -2.61. The summed E-state index contributed by atoms with van der Waals surface area (Å²) in [6.07, 6.45) is 1.09. The second-order valence-corrected chi connectivity index (χ2v) is 10.9. The van der Waals surface area contributed by atoms with E-state index in [2.05, 4.69) is 16.3 Å². The Morgan fingerprint density at radius 2 is 1.77 bits per heavy atom. The smallest absolute Gasteiger partial charge is 0.253 e. The minimum Gasteiger partial charge on any atom is -0.379 e. The van der Waals surface area contributed by atoms with E-state index in [0.717, 1.165) is 32.6 Å². The number of morpholine rings is 1. The molecule has 160 valence electrons. The van der Waals surface area contributed by atoms with Gasteiger partial charge in [-0.2, -0.15) is 4.31 Å². The normalized spacial score (nSPS) is 21.3. The van der Waals surface area contributed by atoms with Crippen LogP contribution in [0.1, 0.15) is 20.8 Å². The molecule has 0 radical (unpaired) electrons. The standard InChI is InChI=1S/C21H25N3O4S2/c25-21(23-14-18(15-23)22-7-5-20-17(13-22)6-12-29-20)16-1-3-19(4-2-16)30(26,27)24-8-10-28-11-9-24/h1-4,6,12,18H,5,7-11,13-15H2. The molecule has 2 fully saturated rings. The fourth-order valence-corrected chi connectivity index (χ4v) is 6.62. The minimum absolute atomic E-state index is 0.0326. The van der Waals surface area contributed by atoms with Crippen LogP contribution in [0.2, 0.25) is 0 Å². The van der Waals surface area contributed by atoms with Gasteiger partial charge in [0.2, 0.25) is 10.0 Å². The lowest BCUT2D eigenvalue weighted by atomic mass is 10.0. The Morgan fingerprint density at radius 1 is 1.03 bits per heavy atom. The molecule has 0 atom stereocenters. The highest BCUT2D eigenvalue weighted by Crippen LogP contribution is 2.28. The zero-order valence-corrected chi connectivity index (χ0v) is 18.3. The number of carbonyl (C=O) groups excluding carboxylic acids is 1. The molecule has 1 aromatic carbocycles. The number of nitrogens with zero attached hydrogens (tertiary/aromatic N) is 3. The quantitative estimate of drug-likeness (QED) is 0.713. The van der Waals surface area contributed by atoms with Crippen molar-refractivity contribution in [3.63, 3.8) is 0 Å². The van der Waals surface area contributed by atoms with Gasteiger partial charge in [0.15, 0.2) is 0 Å². The number of likely N-dealkylation sites (tertiary alicyclic amines) is 1. The number of hydrogen-bond donors (Lipinski definition) is 0. The summed E-state index contributed by atoms with van der Waals surface area (Å²) in [6, 6.07) is 8.95. The predicted octanol–water partition coefficient (Wildman–Crippen LogP) is 1.65. The number of amides is 1. The summed E-state index contributed by atoms with van der Waals surface area (Å²) in [4.78, 5) is 18.8. The highest BCUT2D eigenvalue weighted by atomic mass is 32.2. The molecule has 0 saturated carbocycles. The third kappa shape index (κ3) is 3.69. The molecule has 0 spiro atoms. The van der Waals surface area contributed by atoms with Crippen molar-refractivity contribution in [2.24, 2.45) is 0 Å². The summed E-state index contributed by atoms with van der Waals surface area (Å²) in [5.74, 6) is -0.0326. The molecule has 2 aromatic rings. The molecule has 1 amide bonds. The topological polar surface area (TPSA) is 70.2 Å². The van der Waals surface area contributed by atoms with Crippen LogP contribution < -0.4 is 0 Å². The van der Waals surface area contributed by atoms with E-state index in [0.29, 0.717) is 37.9 Å². The van der Waals surface area contributed by atoms with Crippen molar-refractivity contribution in [1.29, 1.82) is 0 Å². The molecule has 4 heterocycles. The number of hydrogen-bond acceptors (Lipinski definition) is 6. The molecule has 0 bridgehead atoms. The zero-order chi connectivity index (χ0) is 20.7. The Bertz CT molecular complexity index is 1020. The molecule has 3 aliphatic heterocycles. The monoisotopic (exact) mass is 447 g/mol. The van der Waals surface area contributed by atoms with Crippen LogP contribution in [-0.2, 0) is 27.7 Å². The molecule has 2 saturated heterocycles. The predicted molar refractivity (Wildman–Crippen MR) is 114 cm³/mol. The van der Waals surface area contributed by atoms with Gasteiger partial charge in [-0.3, -0.25) is 9.69 Å². The van der Waals surface area contributed by atoms with E-state index in [1.807, 2.05) is 16.2 Å². The average molecular weight is 448 g/mol. The summed E-state index contributed by atoms with van der Waals surface area (Å²) >= 11 is 1.84. The van der Waals surface area contributed by atoms with E-state index >= 15 is 0 Å². The summed E-state index contributed by atoms with van der Waals surface area (Å²) in [6.45, 7) is 5.03. The molecule has 5 rings (SSSR count). The number of benzene rings is 1. The van der Waals surface area contributed by atoms with E-state index in [9.17, 15) is 13.2 Å². The van der Waals surface area contributed by atoms with Crippen LogP contribution in [0.5, 0.6) is 0 Å². The number of ether oxygens (including phenoxy) is 1. The van der Waals surface area contributed by atoms with Crippen LogP contribution in [0.25, 0.3) is 0 Å². The maximum atomic E-state index is 12.8. The van der Waals surface area contributed by atoms with Gasteiger partial charge in [-0.1, -0.05) is 0 Å². The maximum absolute atomic E-state index is 12.8. The second-order valence-electron chi connectivity index (χ2n) is 7.99. The van der Waals surface area contributed by atoms with Crippen molar-refractivity contribution in [2.45, 2.75) is 23.9 Å². The number of thiophene rings is 1. The first-order valence-electron chi connectivity index (χ1n) is 10.3. The minimum atomic E-state index is -3.54. The Balaban J connectivity index is 1.19. The first-order chi connectivity index (χ1) is 14.5. The highest BCUT2D eigenvalue weighted by Gasteiger charge is 2.36. The number of fused-ring (bicyclic) bond motifs is 1. The molecule has 30 heavy (non-hydrogen) atoms. The van der Waals surface area contributed by atoms with Crippen LogP contribution in [-0.4, -0.2) is 80.4 Å². The molecule has 3 aliphatic rings. The fraction of sp³-hybridized carbons (Fsp3) is 0.476. The van der Waals surface area contributed by atoms with Gasteiger partial charge in [0.25, 0.3) is 5.91 Å². The van der Waals surface area contributed by atoms with Crippen molar-refractivity contribution < 1.29 is 17.9 Å². The Kier molecular flexibility index (Phi) is 5.40. The molecule has 7 nitrogen and oxygen atoms in total. The van der Waals surface area contributed by atoms with Crippen LogP contribution in [0, 0.1) is 0 Å². The fourth-order valence-electron chi connectivity index (χ4n) is 4.32. The van der Waals surface area contributed by atoms with Gasteiger partial charge in [-0.25, -0.2) is 8.42 Å². The van der Waals surface area contributed by atoms with Crippen LogP contribution in [0.15, 0.2) is 40.6 Å². The lowest BCUT2D eigenvalue weighted by Gasteiger charge is -2.46. The Labute approximate surface area is 180 Å². The zero-order valence-electron chi connectivity index (χ0n) is 16.7. The summed E-state index contributed by atoms with van der Waals surface area (Å²) in [5.41, 5.74) is 1.96. The van der Waals surface area contributed by atoms with Crippen LogP contribution in [0.4, 0.5) is 0 Å². The van der Waals surface area contributed by atoms with E-state index < -0.39 is 10.0 Å². The van der Waals surface area contributed by atoms with E-state index in [1.54, 1.807) is 12.1 Å². The van der Waals surface area contributed by atoms with Crippen molar-refractivity contribution in [1.82, 2.24) is 14.1 Å². The largest absolute Gasteiger partial charge is 0.379 e. The molecule has 9 heteroatoms. The molecular weight excluding hydrogens is 422 g/mol. The number of sulfonamides is 1. The third-order valence-corrected chi connectivity index (χ3v) is 9.15. The van der Waals surface area contributed by atoms with E-state index in [1.165, 1.54) is 26.9 Å². The SMILES string of the molecule is O=C(c1ccc(S(=O)(=O)N2CCOCC2)cc1)N1CC(N2CCc3sccc3C2)C1. The van der Waals surface area contributed by atoms with Crippen LogP contribution in [0.3, 0.4) is 0 Å². The van der Waals surface area contributed by atoms with E-state index in [4.69, 9.17) is 4.74 Å². The third-order valence-electron chi connectivity index (χ3n) is 6.21. The maximum Gasteiger partial charge on any atom is 0.253 e. The summed E-state index contributed by atoms with van der Waals surface area (Å²) < 4.78 is 32.1. The van der Waals surface area contributed by atoms with Gasteiger partial charge in [-0.15, -0.1) is 11.3 Å². The Morgan fingerprint density at radius 3 is 2.50 bits per heavy atom. The van der Waals surface area contributed by atoms with Crippen molar-refractivity contribution in [3.05, 3.63) is 51.7 Å². The summed E-state index contributed by atoms with van der Waals surface area (Å²) in [5, 5.41) is 2.16.